The molecule has 0 N–H and O–H groups in total. The molecule has 0 atom stereocenters. The van der Waals surface area contributed by atoms with E-state index in [0.29, 0.717) is 23.8 Å². The molecular weight excluding hydrogens is 485 g/mol. The molecule has 3 aromatic carbocycles. The first-order chi connectivity index (χ1) is 18.5. The van der Waals surface area contributed by atoms with Gasteiger partial charge in [0.1, 0.15) is 17.4 Å². The zero-order valence-electron chi connectivity index (χ0n) is 21.9. The van der Waals surface area contributed by atoms with E-state index >= 15 is 4.39 Å². The van der Waals surface area contributed by atoms with E-state index in [-0.39, 0.29) is 11.6 Å². The Morgan fingerprint density at radius 3 is 2.16 bits per heavy atom. The van der Waals surface area contributed by atoms with E-state index in [1.807, 2.05) is 42.7 Å². The normalized spacial score (nSPS) is 11.4. The van der Waals surface area contributed by atoms with Gasteiger partial charge in [0.15, 0.2) is 0 Å². The second-order valence-corrected chi connectivity index (χ2v) is 9.79. The first kappa shape index (κ1) is 27.6. The van der Waals surface area contributed by atoms with Crippen molar-refractivity contribution in [1.82, 2.24) is 9.97 Å². The summed E-state index contributed by atoms with van der Waals surface area (Å²) in [6, 6.07) is 16.1. The summed E-state index contributed by atoms with van der Waals surface area (Å²) in [6.45, 7) is -0.618. The zero-order chi connectivity index (χ0) is 26.7. The van der Waals surface area contributed by atoms with Crippen molar-refractivity contribution in [2.45, 2.75) is 77.7 Å². The Balaban J connectivity index is 1.30. The number of benzene rings is 3. The summed E-state index contributed by atoms with van der Waals surface area (Å²) in [4.78, 5) is 9.10. The van der Waals surface area contributed by atoms with Crippen molar-refractivity contribution in [1.29, 1.82) is 0 Å². The lowest BCUT2D eigenvalue weighted by Crippen LogP contribution is -2.02. The minimum atomic E-state index is -2.84. The molecule has 200 valence electrons. The first-order valence-corrected chi connectivity index (χ1v) is 13.6. The predicted molar refractivity (Wildman–Crippen MR) is 146 cm³/mol. The number of aromatic nitrogens is 2. The zero-order valence-corrected chi connectivity index (χ0v) is 21.9. The monoisotopic (exact) mass is 520 g/mol. The van der Waals surface area contributed by atoms with Crippen LogP contribution in [-0.4, -0.2) is 16.6 Å². The van der Waals surface area contributed by atoms with Crippen LogP contribution in [0.25, 0.3) is 10.8 Å². The van der Waals surface area contributed by atoms with E-state index in [4.69, 9.17) is 0 Å². The average molecular weight is 521 g/mol. The molecule has 0 spiro atoms. The molecule has 3 nitrogen and oxygen atoms in total. The number of aryl methyl sites for hydroxylation is 5. The molecule has 0 radical (unpaired) electrons. The van der Waals surface area contributed by atoms with E-state index in [0.717, 1.165) is 41.6 Å². The van der Waals surface area contributed by atoms with Gasteiger partial charge in [-0.3, -0.25) is 0 Å². The van der Waals surface area contributed by atoms with Crippen LogP contribution in [0.15, 0.2) is 67.0 Å². The summed E-state index contributed by atoms with van der Waals surface area (Å²) < 4.78 is 44.2. The number of nitrogens with zero attached hydrogens (tertiary/aromatic N) is 2. The molecule has 38 heavy (non-hydrogen) atoms. The van der Waals surface area contributed by atoms with Gasteiger partial charge in [0.25, 0.3) is 0 Å². The van der Waals surface area contributed by atoms with Gasteiger partial charge in [-0.25, -0.2) is 14.4 Å². The molecule has 0 bridgehead atoms. The number of unbranched alkanes of at least 4 members (excludes halogenated alkanes) is 4. The molecule has 0 fully saturated rings. The highest BCUT2D eigenvalue weighted by Crippen LogP contribution is 2.25. The summed E-state index contributed by atoms with van der Waals surface area (Å²) in [5, 5.41) is 1.48. The van der Waals surface area contributed by atoms with Crippen LogP contribution < -0.4 is 4.74 Å². The van der Waals surface area contributed by atoms with E-state index in [9.17, 15) is 8.78 Å². The predicted octanol–water partition coefficient (Wildman–Crippen LogP) is 8.45. The van der Waals surface area contributed by atoms with Crippen LogP contribution in [0.4, 0.5) is 13.2 Å². The number of hydrogen-bond acceptors (Lipinski definition) is 3. The Kier molecular flexibility index (Phi) is 10.1. The molecule has 0 unspecified atom stereocenters. The van der Waals surface area contributed by atoms with Crippen LogP contribution in [0, 0.1) is 5.82 Å². The maximum Gasteiger partial charge on any atom is 0.387 e. The number of alkyl halides is 2. The number of hydrogen-bond donors (Lipinski definition) is 0. The summed E-state index contributed by atoms with van der Waals surface area (Å²) >= 11 is 0. The maximum atomic E-state index is 15.2. The van der Waals surface area contributed by atoms with E-state index in [1.54, 1.807) is 12.1 Å². The Morgan fingerprint density at radius 1 is 0.711 bits per heavy atom. The Bertz CT molecular complexity index is 1290. The van der Waals surface area contributed by atoms with Crippen LogP contribution >= 0.6 is 0 Å². The maximum absolute atomic E-state index is 15.2. The van der Waals surface area contributed by atoms with Gasteiger partial charge in [0.05, 0.1) is 0 Å². The number of ether oxygens (including phenoxy) is 1. The highest BCUT2D eigenvalue weighted by Gasteiger charge is 2.10. The third-order valence-corrected chi connectivity index (χ3v) is 6.90. The molecule has 6 heteroatoms. The molecule has 0 aliphatic rings. The SMILES string of the molecule is CCCCCCCc1cnc(CCc2ccc3c(F)c(CCc4ccc(OC(F)F)cc4)ccc3c2)nc1. The van der Waals surface area contributed by atoms with Crippen molar-refractivity contribution in [3.8, 4) is 5.75 Å². The van der Waals surface area contributed by atoms with Gasteiger partial charge in [-0.1, -0.05) is 75.1 Å². The quantitative estimate of drug-likeness (QED) is 0.156. The van der Waals surface area contributed by atoms with Gasteiger partial charge in [-0.15, -0.1) is 0 Å². The molecule has 0 saturated heterocycles. The molecule has 4 rings (SSSR count). The number of rotatable bonds is 14. The Hall–Kier alpha value is -3.41. The molecule has 0 saturated carbocycles. The Morgan fingerprint density at radius 2 is 1.42 bits per heavy atom. The molecular formula is C32H35F3N2O. The van der Waals surface area contributed by atoms with E-state index < -0.39 is 6.61 Å². The van der Waals surface area contributed by atoms with Crippen LogP contribution in [0.3, 0.4) is 0 Å². The topological polar surface area (TPSA) is 35.0 Å². The minimum Gasteiger partial charge on any atom is -0.435 e. The van der Waals surface area contributed by atoms with Crippen LogP contribution in [-0.2, 0) is 32.1 Å². The summed E-state index contributed by atoms with van der Waals surface area (Å²) in [7, 11) is 0. The third kappa shape index (κ3) is 8.04. The average Bonchev–Trinajstić information content (AvgIpc) is 2.92. The fourth-order valence-electron chi connectivity index (χ4n) is 4.68. The van der Waals surface area contributed by atoms with Gasteiger partial charge in [-0.2, -0.15) is 8.78 Å². The molecule has 4 aromatic rings. The van der Waals surface area contributed by atoms with Gasteiger partial charge in [0.2, 0.25) is 0 Å². The Labute approximate surface area is 223 Å². The smallest absolute Gasteiger partial charge is 0.387 e. The first-order valence-electron chi connectivity index (χ1n) is 13.6. The van der Waals surface area contributed by atoms with Crippen molar-refractivity contribution in [2.24, 2.45) is 0 Å². The van der Waals surface area contributed by atoms with Crippen molar-refractivity contribution >= 4 is 10.8 Å². The fraction of sp³-hybridized carbons (Fsp3) is 0.375. The van der Waals surface area contributed by atoms with Gasteiger partial charge in [0, 0.05) is 24.2 Å². The summed E-state index contributed by atoms with van der Waals surface area (Å²) in [5.41, 5.74) is 3.89. The highest BCUT2D eigenvalue weighted by atomic mass is 19.3. The van der Waals surface area contributed by atoms with Crippen LogP contribution in [0.5, 0.6) is 5.75 Å². The minimum absolute atomic E-state index is 0.119. The van der Waals surface area contributed by atoms with Gasteiger partial charge in [-0.05, 0) is 71.9 Å². The lowest BCUT2D eigenvalue weighted by atomic mass is 9.98. The number of fused-ring (bicyclic) bond motifs is 1. The van der Waals surface area contributed by atoms with Gasteiger partial charge >= 0.3 is 6.61 Å². The van der Waals surface area contributed by atoms with E-state index in [1.165, 1.54) is 49.8 Å². The van der Waals surface area contributed by atoms with Crippen molar-refractivity contribution < 1.29 is 17.9 Å². The summed E-state index contributed by atoms with van der Waals surface area (Å²) in [6.07, 6.45) is 13.9. The summed E-state index contributed by atoms with van der Waals surface area (Å²) in [5.74, 6) is 0.740. The second-order valence-electron chi connectivity index (χ2n) is 9.79. The van der Waals surface area contributed by atoms with Gasteiger partial charge < -0.3 is 4.74 Å². The number of halogens is 3. The van der Waals surface area contributed by atoms with E-state index in [2.05, 4.69) is 21.6 Å². The standard InChI is InChI=1S/C32H35F3N2O/c1-2-3-4-5-6-7-25-21-36-30(37-22-25)19-12-24-11-18-29-27(20-24)15-14-26(31(29)33)13-8-23-9-16-28(17-10-23)38-32(34)35/h9-11,14-18,20-22,32H,2-8,12-13,19H2,1H3. The lowest BCUT2D eigenvalue weighted by Gasteiger charge is -2.10. The molecule has 1 aromatic heterocycles. The van der Waals surface area contributed by atoms with Crippen molar-refractivity contribution in [3.63, 3.8) is 0 Å². The molecule has 0 aliphatic heterocycles. The van der Waals surface area contributed by atoms with Crippen LogP contribution in [0.2, 0.25) is 0 Å². The van der Waals surface area contributed by atoms with Crippen LogP contribution in [0.1, 0.15) is 67.1 Å². The van der Waals surface area contributed by atoms with Crippen molar-refractivity contribution in [3.05, 3.63) is 101 Å². The fourth-order valence-corrected chi connectivity index (χ4v) is 4.68. The van der Waals surface area contributed by atoms with Crippen molar-refractivity contribution in [2.75, 3.05) is 0 Å². The third-order valence-electron chi connectivity index (χ3n) is 6.90. The largest absolute Gasteiger partial charge is 0.435 e. The molecule has 0 amide bonds. The highest BCUT2D eigenvalue weighted by molar-refractivity contribution is 5.84. The lowest BCUT2D eigenvalue weighted by molar-refractivity contribution is -0.0498. The second kappa shape index (κ2) is 13.9. The molecule has 0 aliphatic carbocycles. The molecule has 1 heterocycles.